The second-order valence-corrected chi connectivity index (χ2v) is 6.35. The number of carbonyl (C=O) groups excluding carboxylic acids is 4. The SMILES string of the molecule is COC(=O)C1=C[C@H]2OC(C)=N[C@H]2C([C@@H](OC(C)=O)[C@H](COC(C)=O)OC(C)=O)O1. The van der Waals surface area contributed by atoms with Crippen molar-refractivity contribution in [3.05, 3.63) is 11.8 Å². The molecule has 0 saturated carbocycles. The van der Waals surface area contributed by atoms with Crippen molar-refractivity contribution < 1.29 is 47.6 Å². The number of ether oxygens (including phenoxy) is 6. The molecule has 2 aliphatic rings. The molecule has 0 bridgehead atoms. The molecule has 5 atom stereocenters. The van der Waals surface area contributed by atoms with Crippen LogP contribution in [0.2, 0.25) is 0 Å². The monoisotopic (exact) mass is 413 g/mol. The smallest absolute Gasteiger partial charge is 0.373 e. The van der Waals surface area contributed by atoms with Gasteiger partial charge >= 0.3 is 23.9 Å². The topological polar surface area (TPSA) is 136 Å². The van der Waals surface area contributed by atoms with E-state index in [-0.39, 0.29) is 5.76 Å². The number of esters is 4. The van der Waals surface area contributed by atoms with Gasteiger partial charge in [-0.3, -0.25) is 14.4 Å². The number of methoxy groups -OCH3 is 1. The number of nitrogens with zero attached hydrogens (tertiary/aromatic N) is 1. The standard InChI is InChI=1S/C18H23NO10/c1-8-19-15-12(26-8)6-13(18(23)24-5)29-17(15)16(28-11(4)22)14(27-10(3)21)7-25-9(2)20/h6,12,14-17H,7H2,1-5H3/t12-,14+,15-,16+,17?/m1/s1. The average molecular weight is 413 g/mol. The summed E-state index contributed by atoms with van der Waals surface area (Å²) < 4.78 is 31.5. The third-order valence-corrected chi connectivity index (χ3v) is 4.04. The number of aliphatic imine (C=N–C) groups is 1. The summed E-state index contributed by atoms with van der Waals surface area (Å²) in [4.78, 5) is 50.9. The van der Waals surface area contributed by atoms with Gasteiger partial charge < -0.3 is 28.4 Å². The lowest BCUT2D eigenvalue weighted by Crippen LogP contribution is -2.54. The van der Waals surface area contributed by atoms with Gasteiger partial charge in [0, 0.05) is 33.8 Å². The Labute approximate surface area is 166 Å². The van der Waals surface area contributed by atoms with Crippen LogP contribution in [0.1, 0.15) is 27.7 Å². The van der Waals surface area contributed by atoms with Gasteiger partial charge in [-0.2, -0.15) is 0 Å². The van der Waals surface area contributed by atoms with Crippen molar-refractivity contribution in [2.75, 3.05) is 13.7 Å². The maximum Gasteiger partial charge on any atom is 0.373 e. The molecule has 2 aliphatic heterocycles. The highest BCUT2D eigenvalue weighted by Crippen LogP contribution is 2.32. The lowest BCUT2D eigenvalue weighted by molar-refractivity contribution is -0.187. The Morgan fingerprint density at radius 3 is 2.28 bits per heavy atom. The predicted octanol–water partition coefficient (Wildman–Crippen LogP) is 0.0544. The van der Waals surface area contributed by atoms with Crippen LogP contribution in [-0.2, 0) is 47.6 Å². The van der Waals surface area contributed by atoms with Crippen molar-refractivity contribution in [3.63, 3.8) is 0 Å². The Kier molecular flexibility index (Phi) is 7.18. The van der Waals surface area contributed by atoms with Crippen molar-refractivity contribution in [1.82, 2.24) is 0 Å². The van der Waals surface area contributed by atoms with Crippen LogP contribution >= 0.6 is 0 Å². The first-order valence-electron chi connectivity index (χ1n) is 8.78. The van der Waals surface area contributed by atoms with Gasteiger partial charge in [-0.15, -0.1) is 0 Å². The number of rotatable bonds is 7. The summed E-state index contributed by atoms with van der Waals surface area (Å²) in [6.07, 6.45) is -2.83. The van der Waals surface area contributed by atoms with Gasteiger partial charge in [0.1, 0.15) is 18.8 Å². The van der Waals surface area contributed by atoms with Crippen LogP contribution in [0.5, 0.6) is 0 Å². The molecule has 0 aromatic carbocycles. The molecule has 1 unspecified atom stereocenters. The summed E-state index contributed by atoms with van der Waals surface area (Å²) in [6, 6.07) is -0.705. The largest absolute Gasteiger partial charge is 0.477 e. The maximum atomic E-state index is 12.0. The fourth-order valence-electron chi connectivity index (χ4n) is 3.01. The van der Waals surface area contributed by atoms with Crippen LogP contribution in [0.3, 0.4) is 0 Å². The summed E-state index contributed by atoms with van der Waals surface area (Å²) in [7, 11) is 1.18. The zero-order valence-electron chi connectivity index (χ0n) is 16.7. The molecule has 0 radical (unpaired) electrons. The summed E-state index contributed by atoms with van der Waals surface area (Å²) in [5, 5.41) is 0. The van der Waals surface area contributed by atoms with E-state index < -0.39 is 60.9 Å². The van der Waals surface area contributed by atoms with Crippen LogP contribution in [-0.4, -0.2) is 73.9 Å². The van der Waals surface area contributed by atoms with Crippen LogP contribution in [0, 0.1) is 0 Å². The van der Waals surface area contributed by atoms with Crippen LogP contribution in [0.25, 0.3) is 0 Å². The molecule has 160 valence electrons. The fraction of sp³-hybridized carbons (Fsp3) is 0.611. The van der Waals surface area contributed by atoms with Gasteiger partial charge in [-0.25, -0.2) is 9.79 Å². The first kappa shape index (κ1) is 22.2. The highest BCUT2D eigenvalue weighted by molar-refractivity contribution is 5.87. The van der Waals surface area contributed by atoms with E-state index in [4.69, 9.17) is 28.4 Å². The van der Waals surface area contributed by atoms with E-state index in [2.05, 4.69) is 4.99 Å². The summed E-state index contributed by atoms with van der Waals surface area (Å²) >= 11 is 0. The Balaban J connectivity index is 2.42. The molecule has 0 aliphatic carbocycles. The maximum absolute atomic E-state index is 12.0. The normalized spacial score (nSPS) is 24.4. The minimum absolute atomic E-state index is 0.171. The first-order valence-corrected chi connectivity index (χ1v) is 8.78. The van der Waals surface area contributed by atoms with Crippen LogP contribution < -0.4 is 0 Å². The van der Waals surface area contributed by atoms with E-state index in [1.165, 1.54) is 20.1 Å². The van der Waals surface area contributed by atoms with E-state index in [0.717, 1.165) is 13.8 Å². The molecule has 0 spiro atoms. The minimum Gasteiger partial charge on any atom is -0.477 e. The van der Waals surface area contributed by atoms with Crippen molar-refractivity contribution in [2.24, 2.45) is 4.99 Å². The lowest BCUT2D eigenvalue weighted by Gasteiger charge is -2.37. The van der Waals surface area contributed by atoms with Gasteiger partial charge in [0.05, 0.1) is 7.11 Å². The zero-order chi connectivity index (χ0) is 21.7. The molecule has 0 aromatic heterocycles. The molecule has 0 saturated heterocycles. The Hall–Kier alpha value is -3.11. The second-order valence-electron chi connectivity index (χ2n) is 6.35. The molecule has 11 heteroatoms. The Morgan fingerprint density at radius 1 is 1.07 bits per heavy atom. The van der Waals surface area contributed by atoms with Crippen molar-refractivity contribution >= 4 is 29.8 Å². The molecule has 0 aromatic rings. The van der Waals surface area contributed by atoms with Gasteiger partial charge in [-0.1, -0.05) is 0 Å². The fourth-order valence-corrected chi connectivity index (χ4v) is 3.01. The Morgan fingerprint density at radius 2 is 1.72 bits per heavy atom. The van der Waals surface area contributed by atoms with Gasteiger partial charge in [0.15, 0.2) is 24.2 Å². The Bertz CT molecular complexity index is 743. The van der Waals surface area contributed by atoms with Gasteiger partial charge in [0.2, 0.25) is 5.76 Å². The minimum atomic E-state index is -1.25. The van der Waals surface area contributed by atoms with Crippen molar-refractivity contribution in [1.29, 1.82) is 0 Å². The van der Waals surface area contributed by atoms with E-state index in [1.54, 1.807) is 6.92 Å². The molecular weight excluding hydrogens is 390 g/mol. The van der Waals surface area contributed by atoms with E-state index >= 15 is 0 Å². The van der Waals surface area contributed by atoms with E-state index in [0.29, 0.717) is 5.90 Å². The number of fused-ring (bicyclic) bond motifs is 1. The van der Waals surface area contributed by atoms with Crippen molar-refractivity contribution in [3.8, 4) is 0 Å². The average Bonchev–Trinajstić information content (AvgIpc) is 3.01. The third kappa shape index (κ3) is 5.69. The highest BCUT2D eigenvalue weighted by Gasteiger charge is 2.50. The summed E-state index contributed by atoms with van der Waals surface area (Å²) in [5.41, 5.74) is 0. The van der Waals surface area contributed by atoms with Crippen LogP contribution in [0.15, 0.2) is 16.8 Å². The number of carbonyl (C=O) groups is 4. The first-order chi connectivity index (χ1) is 13.6. The van der Waals surface area contributed by atoms with Crippen molar-refractivity contribution in [2.45, 2.75) is 58.2 Å². The molecule has 11 nitrogen and oxygen atoms in total. The third-order valence-electron chi connectivity index (χ3n) is 4.04. The molecule has 0 N–H and O–H groups in total. The van der Waals surface area contributed by atoms with E-state index in [1.807, 2.05) is 0 Å². The van der Waals surface area contributed by atoms with Gasteiger partial charge in [-0.05, 0) is 0 Å². The molecule has 0 fully saturated rings. The predicted molar refractivity (Wildman–Crippen MR) is 94.5 cm³/mol. The molecular formula is C18H23NO10. The zero-order valence-corrected chi connectivity index (χ0v) is 16.7. The summed E-state index contributed by atoms with van der Waals surface area (Å²) in [5.74, 6) is -2.63. The molecule has 2 heterocycles. The second kappa shape index (κ2) is 9.39. The molecule has 2 rings (SSSR count). The highest BCUT2D eigenvalue weighted by atomic mass is 16.6. The molecule has 0 amide bonds. The number of hydrogen-bond donors (Lipinski definition) is 0. The van der Waals surface area contributed by atoms with E-state index in [9.17, 15) is 19.2 Å². The van der Waals surface area contributed by atoms with Crippen LogP contribution in [0.4, 0.5) is 0 Å². The molecule has 29 heavy (non-hydrogen) atoms. The number of hydrogen-bond acceptors (Lipinski definition) is 11. The summed E-state index contributed by atoms with van der Waals surface area (Å²) in [6.45, 7) is 4.70. The quantitative estimate of drug-likeness (QED) is 0.416. The van der Waals surface area contributed by atoms with Gasteiger partial charge in [0.25, 0.3) is 0 Å². The lowest BCUT2D eigenvalue weighted by atomic mass is 9.94.